The van der Waals surface area contributed by atoms with E-state index in [0.717, 1.165) is 17.3 Å². The summed E-state index contributed by atoms with van der Waals surface area (Å²) in [5.74, 6) is 0. The zero-order chi connectivity index (χ0) is 9.80. The fourth-order valence-corrected chi connectivity index (χ4v) is 1.29. The molecule has 1 aromatic heterocycles. The minimum atomic E-state index is 0.748. The number of para-hydroxylation sites is 1. The largest absolute Gasteiger partial charge is 0.471 e. The van der Waals surface area contributed by atoms with Crippen LogP contribution < -0.4 is 0 Å². The molecule has 0 bridgehead atoms. The summed E-state index contributed by atoms with van der Waals surface area (Å²) in [6, 6.07) is 9.42. The van der Waals surface area contributed by atoms with Crippen LogP contribution in [-0.4, -0.2) is 11.0 Å². The molecule has 0 aliphatic heterocycles. The molecule has 0 N–H and O–H groups in total. The van der Waals surface area contributed by atoms with Gasteiger partial charge in [-0.25, -0.2) is 0 Å². The van der Waals surface area contributed by atoms with Gasteiger partial charge in [0.15, 0.2) is 0 Å². The van der Waals surface area contributed by atoms with Gasteiger partial charge >= 0.3 is 0 Å². The SMILES string of the molecule is O=Cn1ccoccc2ccccc21. The van der Waals surface area contributed by atoms with Gasteiger partial charge in [0.1, 0.15) is 6.26 Å². The van der Waals surface area contributed by atoms with Gasteiger partial charge in [0, 0.05) is 11.6 Å². The predicted octanol–water partition coefficient (Wildman–Crippen LogP) is 2.40. The molecular weight excluding hydrogens is 178 g/mol. The maximum Gasteiger partial charge on any atom is 0.218 e. The summed E-state index contributed by atoms with van der Waals surface area (Å²) in [6.07, 6.45) is 5.37. The summed E-state index contributed by atoms with van der Waals surface area (Å²) >= 11 is 0. The third-order valence-corrected chi connectivity index (χ3v) is 1.95. The molecular formula is C11H9NO2. The van der Waals surface area contributed by atoms with Crippen molar-refractivity contribution >= 4 is 17.3 Å². The van der Waals surface area contributed by atoms with Crippen molar-refractivity contribution in [2.24, 2.45) is 0 Å². The average Bonchev–Trinajstić information content (AvgIpc) is 2.20. The van der Waals surface area contributed by atoms with Crippen LogP contribution >= 0.6 is 0 Å². The highest BCUT2D eigenvalue weighted by Crippen LogP contribution is 2.09. The molecule has 0 spiro atoms. The van der Waals surface area contributed by atoms with Crippen LogP contribution in [0.4, 0.5) is 0 Å². The highest BCUT2D eigenvalue weighted by atomic mass is 16.3. The smallest absolute Gasteiger partial charge is 0.218 e. The number of carbonyl (C=O) groups excluding carboxylic acids is 1. The molecule has 1 aromatic carbocycles. The topological polar surface area (TPSA) is 35.1 Å². The molecule has 2 rings (SSSR count). The zero-order valence-corrected chi connectivity index (χ0v) is 7.46. The van der Waals surface area contributed by atoms with Crippen LogP contribution in [0.1, 0.15) is 0 Å². The first-order valence-electron chi connectivity index (χ1n) is 4.23. The Morgan fingerprint density at radius 3 is 2.86 bits per heavy atom. The Bertz CT molecular complexity index is 495. The number of hydrogen-bond acceptors (Lipinski definition) is 2. The van der Waals surface area contributed by atoms with Crippen LogP contribution in [0.2, 0.25) is 0 Å². The summed E-state index contributed by atoms with van der Waals surface area (Å²) in [5, 5.41) is 0.948. The van der Waals surface area contributed by atoms with Crippen molar-refractivity contribution in [3.05, 3.63) is 49.1 Å². The molecule has 0 atom stereocenters. The van der Waals surface area contributed by atoms with Gasteiger partial charge in [-0.15, -0.1) is 0 Å². The van der Waals surface area contributed by atoms with E-state index in [4.69, 9.17) is 4.42 Å². The number of aromatic nitrogens is 1. The fraction of sp³-hybridized carbons (Fsp3) is 0. The number of hydrogen-bond donors (Lipinski definition) is 0. The number of benzene rings is 1. The van der Waals surface area contributed by atoms with Crippen molar-refractivity contribution in [1.29, 1.82) is 0 Å². The standard InChI is InChI=1S/C11H9NO2/c13-9-12-6-8-14-7-5-10-3-1-2-4-11(10)12/h1-9H. The third kappa shape index (κ3) is 1.52. The van der Waals surface area contributed by atoms with Crippen LogP contribution in [0.5, 0.6) is 0 Å². The lowest BCUT2D eigenvalue weighted by Crippen LogP contribution is -1.94. The second kappa shape index (κ2) is 3.79. The summed E-state index contributed by atoms with van der Waals surface area (Å²) in [5.41, 5.74) is 0.846. The van der Waals surface area contributed by atoms with Gasteiger partial charge in [-0.2, -0.15) is 0 Å². The van der Waals surface area contributed by atoms with E-state index in [1.54, 1.807) is 12.5 Å². The van der Waals surface area contributed by atoms with E-state index in [1.807, 2.05) is 30.3 Å². The van der Waals surface area contributed by atoms with Crippen LogP contribution in [0.25, 0.3) is 10.9 Å². The van der Waals surface area contributed by atoms with Crippen LogP contribution in [0.15, 0.2) is 53.5 Å². The number of fused-ring (bicyclic) bond motifs is 1. The molecule has 3 nitrogen and oxygen atoms in total. The van der Waals surface area contributed by atoms with Crippen molar-refractivity contribution in [1.82, 2.24) is 4.57 Å². The second-order valence-corrected chi connectivity index (χ2v) is 2.80. The van der Waals surface area contributed by atoms with Gasteiger partial charge in [0.05, 0.1) is 11.8 Å². The lowest BCUT2D eigenvalue weighted by Gasteiger charge is -1.99. The van der Waals surface area contributed by atoms with Crippen LogP contribution in [-0.2, 0) is 4.79 Å². The Morgan fingerprint density at radius 2 is 2.00 bits per heavy atom. The number of carbonyl (C=O) groups is 1. The van der Waals surface area contributed by atoms with Gasteiger partial charge in [0.25, 0.3) is 0 Å². The summed E-state index contributed by atoms with van der Waals surface area (Å²) < 4.78 is 6.47. The lowest BCUT2D eigenvalue weighted by atomic mass is 10.2. The lowest BCUT2D eigenvalue weighted by molar-refractivity contribution is 0.538. The van der Waals surface area contributed by atoms with E-state index in [2.05, 4.69) is 0 Å². The van der Waals surface area contributed by atoms with Crippen molar-refractivity contribution in [2.45, 2.75) is 0 Å². The molecule has 3 heteroatoms. The van der Waals surface area contributed by atoms with Crippen molar-refractivity contribution in [3.63, 3.8) is 0 Å². The molecule has 0 saturated heterocycles. The maximum absolute atomic E-state index is 10.8. The first-order valence-corrected chi connectivity index (χ1v) is 4.23. The van der Waals surface area contributed by atoms with Gasteiger partial charge < -0.3 is 4.42 Å². The Balaban J connectivity index is 2.92. The van der Waals surface area contributed by atoms with Crippen LogP contribution in [0.3, 0.4) is 0 Å². The second-order valence-electron chi connectivity index (χ2n) is 2.80. The van der Waals surface area contributed by atoms with E-state index in [0.29, 0.717) is 0 Å². The quantitative estimate of drug-likeness (QED) is 0.642. The zero-order valence-electron chi connectivity index (χ0n) is 7.46. The molecule has 0 saturated carbocycles. The summed E-state index contributed by atoms with van der Waals surface area (Å²) in [4.78, 5) is 10.8. The highest BCUT2D eigenvalue weighted by Gasteiger charge is 1.92. The molecule has 0 fully saturated rings. The molecule has 0 aliphatic rings. The molecule has 0 aliphatic carbocycles. The predicted molar refractivity (Wildman–Crippen MR) is 54.0 cm³/mol. The van der Waals surface area contributed by atoms with Crippen LogP contribution in [0, 0.1) is 0 Å². The maximum atomic E-state index is 10.8. The molecule has 0 radical (unpaired) electrons. The van der Waals surface area contributed by atoms with Crippen molar-refractivity contribution < 1.29 is 9.21 Å². The third-order valence-electron chi connectivity index (χ3n) is 1.95. The van der Waals surface area contributed by atoms with E-state index in [-0.39, 0.29) is 0 Å². The van der Waals surface area contributed by atoms with Gasteiger partial charge in [-0.1, -0.05) is 18.2 Å². The van der Waals surface area contributed by atoms with Crippen molar-refractivity contribution in [3.8, 4) is 0 Å². The number of nitrogens with zero attached hydrogens (tertiary/aromatic N) is 1. The van der Waals surface area contributed by atoms with E-state index < -0.39 is 0 Å². The summed E-state index contributed by atoms with van der Waals surface area (Å²) in [6.45, 7) is 0. The minimum absolute atomic E-state index is 0.748. The summed E-state index contributed by atoms with van der Waals surface area (Å²) in [7, 11) is 0. The van der Waals surface area contributed by atoms with Gasteiger partial charge in [0.2, 0.25) is 6.41 Å². The van der Waals surface area contributed by atoms with E-state index >= 15 is 0 Å². The molecule has 0 amide bonds. The Hall–Kier alpha value is -2.03. The molecule has 70 valence electrons. The Labute approximate surface area is 80.9 Å². The minimum Gasteiger partial charge on any atom is -0.471 e. The van der Waals surface area contributed by atoms with E-state index in [1.165, 1.54) is 10.8 Å². The number of rotatable bonds is 1. The molecule has 14 heavy (non-hydrogen) atoms. The van der Waals surface area contributed by atoms with Gasteiger partial charge in [-0.3, -0.25) is 9.36 Å². The van der Waals surface area contributed by atoms with Gasteiger partial charge in [-0.05, 0) is 12.1 Å². The normalized spacial score (nSPS) is 9.71. The van der Waals surface area contributed by atoms with E-state index in [9.17, 15) is 4.79 Å². The first kappa shape index (κ1) is 8.56. The highest BCUT2D eigenvalue weighted by molar-refractivity contribution is 5.82. The molecule has 1 heterocycles. The Morgan fingerprint density at radius 1 is 1.14 bits per heavy atom. The molecule has 0 unspecified atom stereocenters. The average molecular weight is 187 g/mol. The van der Waals surface area contributed by atoms with Crippen molar-refractivity contribution in [2.75, 3.05) is 0 Å². The fourth-order valence-electron chi connectivity index (χ4n) is 1.29. The Kier molecular flexibility index (Phi) is 2.32. The molecule has 2 aromatic rings. The first-order chi connectivity index (χ1) is 6.92. The monoisotopic (exact) mass is 187 g/mol.